The van der Waals surface area contributed by atoms with Crippen LogP contribution in [-0.2, 0) is 30.9 Å². The third-order valence-electron chi connectivity index (χ3n) is 3.19. The molecule has 8 heteroatoms. The maximum Gasteiger partial charge on any atom is 0.334 e. The maximum atomic E-state index is 12.7. The van der Waals surface area contributed by atoms with Crippen LogP contribution in [0.5, 0.6) is 0 Å². The molecule has 1 aliphatic heterocycles. The molecule has 0 spiro atoms. The number of hydrogen-bond donors (Lipinski definition) is 1. The lowest BCUT2D eigenvalue weighted by Crippen LogP contribution is -2.48. The van der Waals surface area contributed by atoms with Crippen molar-refractivity contribution in [2.24, 2.45) is 0 Å². The first-order chi connectivity index (χ1) is 9.96. The zero-order chi connectivity index (χ0) is 15.5. The fraction of sp³-hybridized carbons (Fsp3) is 0.462. The number of ether oxygens (including phenoxy) is 2. The first kappa shape index (κ1) is 15.9. The lowest BCUT2D eigenvalue weighted by molar-refractivity contribution is -0.153. The average Bonchev–Trinajstić information content (AvgIpc) is 2.48. The monoisotopic (exact) mass is 315 g/mol. The van der Waals surface area contributed by atoms with Crippen molar-refractivity contribution in [3.05, 3.63) is 29.8 Å². The number of benzene rings is 1. The van der Waals surface area contributed by atoms with E-state index in [-0.39, 0.29) is 31.2 Å². The number of sulfonamides is 1. The number of carbonyl (C=O) groups is 1. The Hall–Kier alpha value is -1.48. The van der Waals surface area contributed by atoms with Gasteiger partial charge in [-0.25, -0.2) is 13.2 Å². The molecular formula is C13H17NO6S. The van der Waals surface area contributed by atoms with E-state index in [0.717, 1.165) is 4.31 Å². The second kappa shape index (κ2) is 6.52. The summed E-state index contributed by atoms with van der Waals surface area (Å²) in [7, 11) is -2.29. The van der Waals surface area contributed by atoms with E-state index in [1.807, 2.05) is 0 Å². The number of aliphatic carboxylic acids is 1. The van der Waals surface area contributed by atoms with Crippen LogP contribution in [0.2, 0.25) is 0 Å². The van der Waals surface area contributed by atoms with Gasteiger partial charge in [0, 0.05) is 13.7 Å². The lowest BCUT2D eigenvalue weighted by atomic mass is 10.2. The largest absolute Gasteiger partial charge is 0.479 e. The van der Waals surface area contributed by atoms with Crippen molar-refractivity contribution in [3.8, 4) is 0 Å². The molecule has 116 valence electrons. The minimum Gasteiger partial charge on any atom is -0.479 e. The molecule has 1 aliphatic rings. The van der Waals surface area contributed by atoms with Gasteiger partial charge in [0.15, 0.2) is 6.10 Å². The number of carboxylic acids is 1. The van der Waals surface area contributed by atoms with Crippen LogP contribution < -0.4 is 0 Å². The van der Waals surface area contributed by atoms with E-state index in [9.17, 15) is 13.2 Å². The van der Waals surface area contributed by atoms with E-state index in [4.69, 9.17) is 14.6 Å². The summed E-state index contributed by atoms with van der Waals surface area (Å²) < 4.78 is 36.5. The Morgan fingerprint density at radius 1 is 1.48 bits per heavy atom. The molecule has 1 saturated heterocycles. The Labute approximate surface area is 123 Å². The highest BCUT2D eigenvalue weighted by Crippen LogP contribution is 2.22. The van der Waals surface area contributed by atoms with Gasteiger partial charge < -0.3 is 14.6 Å². The van der Waals surface area contributed by atoms with E-state index in [2.05, 4.69) is 0 Å². The van der Waals surface area contributed by atoms with E-state index >= 15 is 0 Å². The third kappa shape index (κ3) is 3.41. The van der Waals surface area contributed by atoms with Crippen molar-refractivity contribution >= 4 is 16.0 Å². The molecular weight excluding hydrogens is 298 g/mol. The van der Waals surface area contributed by atoms with Crippen molar-refractivity contribution < 1.29 is 27.8 Å². The van der Waals surface area contributed by atoms with Crippen LogP contribution in [0.4, 0.5) is 0 Å². The van der Waals surface area contributed by atoms with Crippen molar-refractivity contribution in [2.45, 2.75) is 17.6 Å². The summed E-state index contributed by atoms with van der Waals surface area (Å²) in [5.74, 6) is -1.17. The highest BCUT2D eigenvalue weighted by atomic mass is 32.2. The van der Waals surface area contributed by atoms with Gasteiger partial charge in [-0.3, -0.25) is 0 Å². The molecule has 0 aromatic heterocycles. The predicted octanol–water partition coefficient (Wildman–Crippen LogP) is 0.307. The Kier molecular flexibility index (Phi) is 4.94. The molecule has 2 rings (SSSR count). The van der Waals surface area contributed by atoms with Crippen molar-refractivity contribution in [1.29, 1.82) is 0 Å². The van der Waals surface area contributed by atoms with Crippen molar-refractivity contribution in [1.82, 2.24) is 4.31 Å². The lowest BCUT2D eigenvalue weighted by Gasteiger charge is -2.30. The van der Waals surface area contributed by atoms with Crippen LogP contribution in [0.3, 0.4) is 0 Å². The van der Waals surface area contributed by atoms with Gasteiger partial charge in [0.25, 0.3) is 0 Å². The molecule has 1 aromatic carbocycles. The van der Waals surface area contributed by atoms with Gasteiger partial charge in [-0.05, 0) is 11.6 Å². The molecule has 1 N–H and O–H groups in total. The second-order valence-electron chi connectivity index (χ2n) is 4.60. The Morgan fingerprint density at radius 2 is 2.19 bits per heavy atom. The zero-order valence-electron chi connectivity index (χ0n) is 11.6. The minimum atomic E-state index is -3.77. The molecule has 21 heavy (non-hydrogen) atoms. The number of morpholine rings is 1. The number of methoxy groups -OCH3 is 1. The third-order valence-corrected chi connectivity index (χ3v) is 5.16. The predicted molar refractivity (Wildman–Crippen MR) is 73.3 cm³/mol. The topological polar surface area (TPSA) is 93.1 Å². The van der Waals surface area contributed by atoms with Gasteiger partial charge in [0.2, 0.25) is 10.0 Å². The number of hydrogen-bond acceptors (Lipinski definition) is 5. The van der Waals surface area contributed by atoms with Gasteiger partial charge in [-0.2, -0.15) is 4.31 Å². The molecule has 0 aliphatic carbocycles. The minimum absolute atomic E-state index is 0.0582. The highest BCUT2D eigenvalue weighted by Gasteiger charge is 2.34. The van der Waals surface area contributed by atoms with Gasteiger partial charge in [0.05, 0.1) is 24.7 Å². The van der Waals surface area contributed by atoms with Crippen LogP contribution in [0, 0.1) is 0 Å². The van der Waals surface area contributed by atoms with Crippen LogP contribution in [-0.4, -0.2) is 56.7 Å². The molecule has 1 atom stereocenters. The maximum absolute atomic E-state index is 12.7. The Bertz CT molecular complexity index is 615. The summed E-state index contributed by atoms with van der Waals surface area (Å²) in [6, 6.07) is 6.52. The molecule has 0 radical (unpaired) electrons. The first-order valence-corrected chi connectivity index (χ1v) is 7.82. The number of carboxylic acid groups (broad SMARTS) is 1. The summed E-state index contributed by atoms with van der Waals surface area (Å²) >= 11 is 0. The van der Waals surface area contributed by atoms with E-state index in [0.29, 0.717) is 5.56 Å². The Balaban J connectivity index is 2.31. The average molecular weight is 315 g/mol. The summed E-state index contributed by atoms with van der Waals surface area (Å²) in [4.78, 5) is 11.1. The molecule has 0 amide bonds. The molecule has 0 bridgehead atoms. The van der Waals surface area contributed by atoms with Gasteiger partial charge >= 0.3 is 5.97 Å². The molecule has 1 fully saturated rings. The molecule has 7 nitrogen and oxygen atoms in total. The van der Waals surface area contributed by atoms with Crippen LogP contribution in [0.25, 0.3) is 0 Å². The number of rotatable bonds is 5. The Morgan fingerprint density at radius 3 is 2.86 bits per heavy atom. The quantitative estimate of drug-likeness (QED) is 0.840. The molecule has 1 unspecified atom stereocenters. The van der Waals surface area contributed by atoms with Gasteiger partial charge in [-0.1, -0.05) is 18.2 Å². The molecule has 0 saturated carbocycles. The fourth-order valence-corrected chi connectivity index (χ4v) is 3.80. The van der Waals surface area contributed by atoms with Gasteiger partial charge in [-0.15, -0.1) is 0 Å². The second-order valence-corrected chi connectivity index (χ2v) is 6.51. The molecule has 1 heterocycles. The standard InChI is InChI=1S/C13H17NO6S/c1-19-9-10-4-2-3-5-12(10)21(17,18)14-6-7-20-11(8-14)13(15)16/h2-5,11H,6-9H2,1H3,(H,15,16). The van der Waals surface area contributed by atoms with Crippen molar-refractivity contribution in [3.63, 3.8) is 0 Å². The van der Waals surface area contributed by atoms with Crippen LogP contribution in [0.15, 0.2) is 29.2 Å². The summed E-state index contributed by atoms with van der Waals surface area (Å²) in [6.45, 7) is 0.164. The van der Waals surface area contributed by atoms with Gasteiger partial charge in [0.1, 0.15) is 0 Å². The smallest absolute Gasteiger partial charge is 0.334 e. The normalized spacial score (nSPS) is 20.3. The SMILES string of the molecule is COCc1ccccc1S(=O)(=O)N1CCOC(C(=O)O)C1. The van der Waals surface area contributed by atoms with E-state index < -0.39 is 22.1 Å². The summed E-state index contributed by atoms with van der Waals surface area (Å²) in [6.07, 6.45) is -1.14. The van der Waals surface area contributed by atoms with Crippen LogP contribution in [0.1, 0.15) is 5.56 Å². The molecule has 1 aromatic rings. The number of nitrogens with zero attached hydrogens (tertiary/aromatic N) is 1. The summed E-state index contributed by atoms with van der Waals surface area (Å²) in [5, 5.41) is 8.96. The first-order valence-electron chi connectivity index (χ1n) is 6.38. The fourth-order valence-electron chi connectivity index (χ4n) is 2.16. The van der Waals surface area contributed by atoms with E-state index in [1.54, 1.807) is 18.2 Å². The van der Waals surface area contributed by atoms with E-state index in [1.165, 1.54) is 13.2 Å². The van der Waals surface area contributed by atoms with Crippen LogP contribution >= 0.6 is 0 Å². The zero-order valence-corrected chi connectivity index (χ0v) is 12.4. The highest BCUT2D eigenvalue weighted by molar-refractivity contribution is 7.89. The summed E-state index contributed by atoms with van der Waals surface area (Å²) in [5.41, 5.74) is 0.540. The van der Waals surface area contributed by atoms with Crippen molar-refractivity contribution in [2.75, 3.05) is 26.8 Å².